The molecule has 1 aromatic heterocycles. The summed E-state index contributed by atoms with van der Waals surface area (Å²) in [6, 6.07) is 20.9. The van der Waals surface area contributed by atoms with Gasteiger partial charge in [-0.2, -0.15) is 4.31 Å². The van der Waals surface area contributed by atoms with Crippen LogP contribution in [0.15, 0.2) is 72.9 Å². The normalized spacial score (nSPS) is 14.6. The third kappa shape index (κ3) is 6.12. The molecule has 0 radical (unpaired) electrons. The lowest BCUT2D eigenvalue weighted by Gasteiger charge is -2.34. The number of para-hydroxylation sites is 1. The van der Waals surface area contributed by atoms with Crippen LogP contribution in [-0.2, 0) is 16.4 Å². The lowest BCUT2D eigenvalue weighted by atomic mass is 10.1. The number of carbonyl (C=O) groups is 1. The molecule has 1 N–H and O–H groups in total. The number of piperazine rings is 1. The van der Waals surface area contributed by atoms with E-state index in [-0.39, 0.29) is 5.91 Å². The van der Waals surface area contributed by atoms with Crippen molar-refractivity contribution in [2.45, 2.75) is 6.42 Å². The molecule has 0 aliphatic carbocycles. The van der Waals surface area contributed by atoms with Crippen molar-refractivity contribution in [2.75, 3.05) is 43.9 Å². The third-order valence-corrected chi connectivity index (χ3v) is 6.94. The second-order valence-electron chi connectivity index (χ2n) is 8.09. The number of benzene rings is 2. The lowest BCUT2D eigenvalue weighted by molar-refractivity contribution is 0.0954. The van der Waals surface area contributed by atoms with Gasteiger partial charge in [-0.1, -0.05) is 30.3 Å². The Morgan fingerprint density at radius 1 is 0.941 bits per heavy atom. The second kappa shape index (κ2) is 10.7. The van der Waals surface area contributed by atoms with Crippen molar-refractivity contribution >= 4 is 21.7 Å². The Kier molecular flexibility index (Phi) is 7.44. The lowest BCUT2D eigenvalue weighted by Crippen LogP contribution is -2.49. The zero-order chi connectivity index (χ0) is 24.0. The fraction of sp³-hybridized carbons (Fsp3) is 0.280. The van der Waals surface area contributed by atoms with E-state index in [2.05, 4.69) is 10.3 Å². The minimum absolute atomic E-state index is 0.197. The number of rotatable bonds is 8. The monoisotopic (exact) mass is 480 g/mol. The number of hydrogen-bond donors (Lipinski definition) is 1. The molecule has 8 nitrogen and oxygen atoms in total. The van der Waals surface area contributed by atoms with Gasteiger partial charge < -0.3 is 15.0 Å². The average molecular weight is 481 g/mol. The van der Waals surface area contributed by atoms with E-state index in [4.69, 9.17) is 4.74 Å². The Hall–Kier alpha value is -3.43. The molecular formula is C25H28N4O4S. The second-order valence-corrected chi connectivity index (χ2v) is 10.1. The molecule has 3 aromatic rings. The van der Waals surface area contributed by atoms with Crippen molar-refractivity contribution in [3.63, 3.8) is 0 Å². The predicted octanol–water partition coefficient (Wildman–Crippen LogP) is 2.93. The molecule has 4 rings (SSSR count). The van der Waals surface area contributed by atoms with Crippen LogP contribution in [0.4, 0.5) is 5.82 Å². The first-order chi connectivity index (χ1) is 16.4. The van der Waals surface area contributed by atoms with Crippen molar-refractivity contribution in [3.8, 4) is 11.5 Å². The molecular weight excluding hydrogens is 452 g/mol. The Bertz CT molecular complexity index is 1210. The van der Waals surface area contributed by atoms with Crippen molar-refractivity contribution in [1.82, 2.24) is 14.6 Å². The van der Waals surface area contributed by atoms with Crippen molar-refractivity contribution < 1.29 is 17.9 Å². The number of sulfonamides is 1. The Labute approximate surface area is 200 Å². The average Bonchev–Trinajstić information content (AvgIpc) is 2.85. The van der Waals surface area contributed by atoms with Crippen LogP contribution in [0.1, 0.15) is 15.9 Å². The summed E-state index contributed by atoms with van der Waals surface area (Å²) < 4.78 is 30.8. The molecule has 178 valence electrons. The maximum Gasteiger partial charge on any atom is 0.255 e. The van der Waals surface area contributed by atoms with Crippen molar-refractivity contribution in [2.24, 2.45) is 0 Å². The number of pyridine rings is 1. The molecule has 0 bridgehead atoms. The first kappa shape index (κ1) is 23.7. The number of nitrogens with one attached hydrogen (secondary N) is 1. The number of aromatic nitrogens is 1. The first-order valence-electron chi connectivity index (χ1n) is 11.2. The molecule has 2 heterocycles. The fourth-order valence-corrected chi connectivity index (χ4v) is 4.65. The number of anilines is 1. The van der Waals surface area contributed by atoms with Gasteiger partial charge in [0.15, 0.2) is 0 Å². The SMILES string of the molecule is CS(=O)(=O)N1CCN(c2ncccc2C(=O)NCCc2ccc(Oc3ccccc3)cc2)CC1. The van der Waals surface area contributed by atoms with E-state index in [1.807, 2.05) is 59.5 Å². The number of ether oxygens (including phenoxy) is 1. The van der Waals surface area contributed by atoms with Crippen LogP contribution in [0.3, 0.4) is 0 Å². The van der Waals surface area contributed by atoms with Gasteiger partial charge in [-0.25, -0.2) is 13.4 Å². The molecule has 9 heteroatoms. The van der Waals surface area contributed by atoms with Crippen molar-refractivity contribution in [1.29, 1.82) is 0 Å². The van der Waals surface area contributed by atoms with Gasteiger partial charge in [0, 0.05) is 38.9 Å². The smallest absolute Gasteiger partial charge is 0.255 e. The fourth-order valence-electron chi connectivity index (χ4n) is 3.82. The summed E-state index contributed by atoms with van der Waals surface area (Å²) in [5.74, 6) is 1.93. The van der Waals surface area contributed by atoms with E-state index in [1.165, 1.54) is 10.6 Å². The van der Waals surface area contributed by atoms with Gasteiger partial charge in [-0.15, -0.1) is 0 Å². The van der Waals surface area contributed by atoms with E-state index in [1.54, 1.807) is 18.3 Å². The first-order valence-corrected chi connectivity index (χ1v) is 13.0. The molecule has 0 atom stereocenters. The maximum atomic E-state index is 12.9. The van der Waals surface area contributed by atoms with Crippen LogP contribution in [0.25, 0.3) is 0 Å². The number of hydrogen-bond acceptors (Lipinski definition) is 6. The molecule has 1 amide bonds. The van der Waals surface area contributed by atoms with Gasteiger partial charge in [-0.3, -0.25) is 4.79 Å². The molecule has 34 heavy (non-hydrogen) atoms. The Morgan fingerprint density at radius 2 is 1.62 bits per heavy atom. The zero-order valence-corrected chi connectivity index (χ0v) is 19.9. The minimum atomic E-state index is -3.22. The van der Waals surface area contributed by atoms with E-state index >= 15 is 0 Å². The van der Waals surface area contributed by atoms with Crippen molar-refractivity contribution in [3.05, 3.63) is 84.1 Å². The summed E-state index contributed by atoms with van der Waals surface area (Å²) in [7, 11) is -3.22. The summed E-state index contributed by atoms with van der Waals surface area (Å²) in [6.45, 7) is 2.21. The van der Waals surface area contributed by atoms with E-state index in [0.717, 1.165) is 17.1 Å². The summed E-state index contributed by atoms with van der Waals surface area (Å²) in [5.41, 5.74) is 1.57. The molecule has 0 unspecified atom stereocenters. The summed E-state index contributed by atoms with van der Waals surface area (Å²) in [6.07, 6.45) is 3.54. The molecule has 0 saturated carbocycles. The largest absolute Gasteiger partial charge is 0.457 e. The van der Waals surface area contributed by atoms with Crippen LogP contribution in [-0.4, -0.2) is 62.6 Å². The standard InChI is InChI=1S/C25H28N4O4S/c1-34(31,32)29-18-16-28(17-19-29)24-23(8-5-14-26-24)25(30)27-15-13-20-9-11-22(12-10-20)33-21-6-3-2-4-7-21/h2-12,14H,13,15-19H2,1H3,(H,27,30). The van der Waals surface area contributed by atoms with Gasteiger partial charge >= 0.3 is 0 Å². The van der Waals surface area contributed by atoms with E-state index in [0.29, 0.717) is 50.5 Å². The van der Waals surface area contributed by atoms with Gasteiger partial charge in [0.25, 0.3) is 5.91 Å². The summed E-state index contributed by atoms with van der Waals surface area (Å²) in [4.78, 5) is 19.2. The summed E-state index contributed by atoms with van der Waals surface area (Å²) in [5, 5.41) is 2.97. The van der Waals surface area contributed by atoms with Crippen LogP contribution in [0.5, 0.6) is 11.5 Å². The predicted molar refractivity (Wildman–Crippen MR) is 132 cm³/mol. The van der Waals surface area contributed by atoms with Gasteiger partial charge in [0.2, 0.25) is 10.0 Å². The highest BCUT2D eigenvalue weighted by Gasteiger charge is 2.26. The molecule has 2 aromatic carbocycles. The van der Waals surface area contributed by atoms with Crippen LogP contribution in [0, 0.1) is 0 Å². The Balaban J connectivity index is 1.31. The topological polar surface area (TPSA) is 91.8 Å². The molecule has 1 aliphatic heterocycles. The molecule has 0 spiro atoms. The number of nitrogens with zero attached hydrogens (tertiary/aromatic N) is 3. The summed E-state index contributed by atoms with van der Waals surface area (Å²) >= 11 is 0. The van der Waals surface area contributed by atoms with Gasteiger partial charge in [-0.05, 0) is 48.4 Å². The third-order valence-electron chi connectivity index (χ3n) is 5.64. The molecule has 1 aliphatic rings. The highest BCUT2D eigenvalue weighted by atomic mass is 32.2. The zero-order valence-electron chi connectivity index (χ0n) is 19.1. The minimum Gasteiger partial charge on any atom is -0.457 e. The van der Waals surface area contributed by atoms with E-state index in [9.17, 15) is 13.2 Å². The highest BCUT2D eigenvalue weighted by molar-refractivity contribution is 7.88. The number of amides is 1. The van der Waals surface area contributed by atoms with Gasteiger partial charge in [0.05, 0.1) is 11.8 Å². The maximum absolute atomic E-state index is 12.9. The van der Waals surface area contributed by atoms with Crippen LogP contribution >= 0.6 is 0 Å². The number of carbonyl (C=O) groups excluding carboxylic acids is 1. The Morgan fingerprint density at radius 3 is 2.29 bits per heavy atom. The molecule has 1 fully saturated rings. The highest BCUT2D eigenvalue weighted by Crippen LogP contribution is 2.22. The molecule has 1 saturated heterocycles. The van der Waals surface area contributed by atoms with Crippen LogP contribution in [0.2, 0.25) is 0 Å². The quantitative estimate of drug-likeness (QED) is 0.533. The van der Waals surface area contributed by atoms with E-state index < -0.39 is 10.0 Å². The van der Waals surface area contributed by atoms with Gasteiger partial charge in [0.1, 0.15) is 17.3 Å². The van der Waals surface area contributed by atoms with Crippen LogP contribution < -0.4 is 15.0 Å².